The number of hydrogen-bond donors (Lipinski definition) is 2. The van der Waals surface area contributed by atoms with Gasteiger partial charge in [-0.15, -0.1) is 0 Å². The topological polar surface area (TPSA) is 49.7 Å². The summed E-state index contributed by atoms with van der Waals surface area (Å²) >= 11 is 0. The lowest BCUT2D eigenvalue weighted by molar-refractivity contribution is -0.0111. The van der Waals surface area contributed by atoms with Gasteiger partial charge in [-0.25, -0.2) is 0 Å². The van der Waals surface area contributed by atoms with E-state index in [0.29, 0.717) is 0 Å². The Hall–Kier alpha value is -0.120. The van der Waals surface area contributed by atoms with Gasteiger partial charge in [0.05, 0.1) is 12.2 Å². The first kappa shape index (κ1) is 12.9. The Morgan fingerprint density at radius 3 is 2.20 bits per heavy atom. The molecule has 3 heteroatoms. The Morgan fingerprint density at radius 1 is 1.20 bits per heavy atom. The van der Waals surface area contributed by atoms with Crippen LogP contribution in [-0.2, 0) is 4.74 Å². The average Bonchev–Trinajstić information content (AvgIpc) is 2.33. The summed E-state index contributed by atoms with van der Waals surface area (Å²) in [6.45, 7) is 8.33. The van der Waals surface area contributed by atoms with Crippen molar-refractivity contribution >= 4 is 0 Å². The number of rotatable bonds is 4. The zero-order valence-electron chi connectivity index (χ0n) is 10.2. The molecule has 1 fully saturated rings. The maximum Gasteiger partial charge on any atom is 0.109 e. The number of hydrogen-bond acceptors (Lipinski definition) is 3. The maximum atomic E-state index is 9.78. The molecular weight excluding hydrogens is 192 g/mol. The molecule has 0 aliphatic carbocycles. The molecule has 0 aromatic carbocycles. The Balaban J connectivity index is 2.52. The summed E-state index contributed by atoms with van der Waals surface area (Å²) in [5, 5.41) is 19.4. The van der Waals surface area contributed by atoms with Crippen LogP contribution in [0.4, 0.5) is 0 Å². The predicted octanol–water partition coefficient (Wildman–Crippen LogP) is 1.71. The molecule has 0 amide bonds. The molecule has 1 heterocycles. The molecule has 2 unspecified atom stereocenters. The second kappa shape index (κ2) is 4.81. The molecule has 0 aromatic rings. The fourth-order valence-electron chi connectivity index (χ4n) is 2.43. The van der Waals surface area contributed by atoms with Gasteiger partial charge in [0.15, 0.2) is 0 Å². The van der Waals surface area contributed by atoms with E-state index in [9.17, 15) is 10.2 Å². The highest BCUT2D eigenvalue weighted by Gasteiger charge is 2.42. The first-order valence-electron chi connectivity index (χ1n) is 5.89. The lowest BCUT2D eigenvalue weighted by atomic mass is 9.81. The monoisotopic (exact) mass is 216 g/mol. The fraction of sp³-hybridized carbons (Fsp3) is 1.00. The Kier molecular flexibility index (Phi) is 4.15. The first-order chi connectivity index (χ1) is 6.87. The number of aliphatic hydroxyl groups is 2. The van der Waals surface area contributed by atoms with Crippen LogP contribution < -0.4 is 0 Å². The van der Waals surface area contributed by atoms with Crippen molar-refractivity contribution in [2.75, 3.05) is 0 Å². The lowest BCUT2D eigenvalue weighted by Crippen LogP contribution is -2.34. The fourth-order valence-corrected chi connectivity index (χ4v) is 2.43. The van der Waals surface area contributed by atoms with Crippen LogP contribution in [-0.4, -0.2) is 34.6 Å². The zero-order chi connectivity index (χ0) is 11.6. The molecule has 15 heavy (non-hydrogen) atoms. The van der Waals surface area contributed by atoms with E-state index in [2.05, 4.69) is 20.8 Å². The summed E-state index contributed by atoms with van der Waals surface area (Å²) in [5.41, 5.74) is 0.171. The third kappa shape index (κ3) is 3.16. The second-order valence-electron chi connectivity index (χ2n) is 5.48. The average molecular weight is 216 g/mol. The van der Waals surface area contributed by atoms with E-state index in [-0.39, 0.29) is 17.6 Å². The minimum atomic E-state index is -0.729. The highest BCUT2D eigenvalue weighted by molar-refractivity contribution is 4.91. The molecule has 4 atom stereocenters. The summed E-state index contributed by atoms with van der Waals surface area (Å²) in [6.07, 6.45) is 1.14. The highest BCUT2D eigenvalue weighted by atomic mass is 16.5. The van der Waals surface area contributed by atoms with Crippen LogP contribution in [0.15, 0.2) is 0 Å². The molecule has 0 radical (unpaired) electrons. The SMILES string of the molecule is CCCC(C)(C)CC1OC(C)[C@H](O)[C@@H]1O. The molecular formula is C12H24O3. The van der Waals surface area contributed by atoms with Crippen molar-refractivity contribution in [1.29, 1.82) is 0 Å². The van der Waals surface area contributed by atoms with Crippen molar-refractivity contribution in [3.63, 3.8) is 0 Å². The van der Waals surface area contributed by atoms with Crippen molar-refractivity contribution in [1.82, 2.24) is 0 Å². The minimum absolute atomic E-state index is 0.171. The third-order valence-corrected chi connectivity index (χ3v) is 3.28. The van der Waals surface area contributed by atoms with Crippen LogP contribution in [0.1, 0.15) is 47.0 Å². The van der Waals surface area contributed by atoms with Crippen LogP contribution in [0.2, 0.25) is 0 Å². The van der Waals surface area contributed by atoms with Crippen molar-refractivity contribution in [3.05, 3.63) is 0 Å². The summed E-state index contributed by atoms with van der Waals surface area (Å²) in [7, 11) is 0. The Labute approximate surface area is 92.4 Å². The van der Waals surface area contributed by atoms with Crippen molar-refractivity contribution in [3.8, 4) is 0 Å². The van der Waals surface area contributed by atoms with Crippen LogP contribution in [0.25, 0.3) is 0 Å². The van der Waals surface area contributed by atoms with E-state index in [1.165, 1.54) is 0 Å². The van der Waals surface area contributed by atoms with Crippen molar-refractivity contribution in [2.45, 2.75) is 71.4 Å². The molecule has 90 valence electrons. The van der Waals surface area contributed by atoms with E-state index in [4.69, 9.17) is 4.74 Å². The lowest BCUT2D eigenvalue weighted by Gasteiger charge is -2.28. The van der Waals surface area contributed by atoms with Crippen molar-refractivity contribution < 1.29 is 14.9 Å². The van der Waals surface area contributed by atoms with Gasteiger partial charge in [0, 0.05) is 0 Å². The summed E-state index contributed by atoms with van der Waals surface area (Å²) < 4.78 is 5.57. The normalized spacial score (nSPS) is 37.2. The van der Waals surface area contributed by atoms with E-state index in [0.717, 1.165) is 19.3 Å². The standard InChI is InChI=1S/C12H24O3/c1-5-6-12(3,4)7-9-11(14)10(13)8(2)15-9/h8-11,13-14H,5-7H2,1-4H3/t8?,9?,10-,11+/m0/s1. The van der Waals surface area contributed by atoms with E-state index >= 15 is 0 Å². The molecule has 0 spiro atoms. The molecule has 1 aliphatic heterocycles. The summed E-state index contributed by atoms with van der Waals surface area (Å²) in [5.74, 6) is 0. The Morgan fingerprint density at radius 2 is 1.80 bits per heavy atom. The van der Waals surface area contributed by atoms with Crippen LogP contribution in [0.3, 0.4) is 0 Å². The van der Waals surface area contributed by atoms with Gasteiger partial charge in [-0.2, -0.15) is 0 Å². The molecule has 2 N–H and O–H groups in total. The van der Waals surface area contributed by atoms with Gasteiger partial charge in [-0.05, 0) is 25.2 Å². The number of ether oxygens (including phenoxy) is 1. The molecule has 0 saturated carbocycles. The zero-order valence-corrected chi connectivity index (χ0v) is 10.2. The van der Waals surface area contributed by atoms with E-state index < -0.39 is 12.2 Å². The van der Waals surface area contributed by atoms with Crippen molar-refractivity contribution in [2.24, 2.45) is 5.41 Å². The molecule has 1 rings (SSSR count). The molecule has 1 aliphatic rings. The van der Waals surface area contributed by atoms with E-state index in [1.54, 1.807) is 6.92 Å². The molecule has 0 bridgehead atoms. The van der Waals surface area contributed by atoms with Gasteiger partial charge in [0.25, 0.3) is 0 Å². The maximum absolute atomic E-state index is 9.78. The highest BCUT2D eigenvalue weighted by Crippen LogP contribution is 2.34. The first-order valence-corrected chi connectivity index (χ1v) is 5.89. The smallest absolute Gasteiger partial charge is 0.109 e. The van der Waals surface area contributed by atoms with Gasteiger partial charge in [-0.3, -0.25) is 0 Å². The van der Waals surface area contributed by atoms with Gasteiger partial charge < -0.3 is 14.9 Å². The molecule has 1 saturated heterocycles. The second-order valence-corrected chi connectivity index (χ2v) is 5.48. The minimum Gasteiger partial charge on any atom is -0.388 e. The molecule has 0 aromatic heterocycles. The van der Waals surface area contributed by atoms with Crippen LogP contribution in [0, 0.1) is 5.41 Å². The Bertz CT molecular complexity index is 203. The third-order valence-electron chi connectivity index (χ3n) is 3.28. The van der Waals surface area contributed by atoms with Gasteiger partial charge in [-0.1, -0.05) is 27.2 Å². The molecule has 3 nitrogen and oxygen atoms in total. The quantitative estimate of drug-likeness (QED) is 0.752. The number of aliphatic hydroxyl groups excluding tert-OH is 2. The summed E-state index contributed by atoms with van der Waals surface area (Å²) in [6, 6.07) is 0. The largest absolute Gasteiger partial charge is 0.388 e. The van der Waals surface area contributed by atoms with Crippen LogP contribution >= 0.6 is 0 Å². The van der Waals surface area contributed by atoms with Gasteiger partial charge in [0.2, 0.25) is 0 Å². The van der Waals surface area contributed by atoms with Crippen LogP contribution in [0.5, 0.6) is 0 Å². The summed E-state index contributed by atoms with van der Waals surface area (Å²) in [4.78, 5) is 0. The predicted molar refractivity (Wildman–Crippen MR) is 59.7 cm³/mol. The van der Waals surface area contributed by atoms with E-state index in [1.807, 2.05) is 0 Å². The van der Waals surface area contributed by atoms with Gasteiger partial charge in [0.1, 0.15) is 12.2 Å². The van der Waals surface area contributed by atoms with Gasteiger partial charge >= 0.3 is 0 Å².